The smallest absolute Gasteiger partial charge is 0.274 e. The minimum atomic E-state index is -0.471. The average molecular weight is 424 g/mol. The van der Waals surface area contributed by atoms with Crippen LogP contribution in [0, 0.1) is 24.0 Å². The van der Waals surface area contributed by atoms with Crippen molar-refractivity contribution in [1.82, 2.24) is 9.97 Å². The number of hydrogen-bond donors (Lipinski definition) is 1. The number of anilines is 1. The zero-order valence-corrected chi connectivity index (χ0v) is 17.5. The van der Waals surface area contributed by atoms with Crippen LogP contribution in [0.25, 0.3) is 11.3 Å². The summed E-state index contributed by atoms with van der Waals surface area (Å²) in [7, 11) is 1.61. The molecule has 154 valence electrons. The van der Waals surface area contributed by atoms with Gasteiger partial charge in [0, 0.05) is 28.6 Å². The van der Waals surface area contributed by atoms with E-state index in [0.29, 0.717) is 16.4 Å². The molecule has 1 aromatic heterocycles. The summed E-state index contributed by atoms with van der Waals surface area (Å²) in [5.74, 6) is 0.536. The summed E-state index contributed by atoms with van der Waals surface area (Å²) in [6.07, 6.45) is 0. The van der Waals surface area contributed by atoms with Gasteiger partial charge in [0.1, 0.15) is 5.75 Å². The minimum Gasteiger partial charge on any atom is -0.497 e. The Labute approximate surface area is 177 Å². The molecule has 0 aliphatic heterocycles. The second-order valence-corrected chi connectivity index (χ2v) is 7.44. The maximum Gasteiger partial charge on any atom is 0.274 e. The summed E-state index contributed by atoms with van der Waals surface area (Å²) in [4.78, 5) is 31.8. The molecule has 1 N–H and O–H groups in total. The molecule has 9 heteroatoms. The number of thioether (sulfide) groups is 1. The van der Waals surface area contributed by atoms with Crippen LogP contribution in [0.1, 0.15) is 11.3 Å². The van der Waals surface area contributed by atoms with E-state index < -0.39 is 4.92 Å². The number of nitro groups is 1. The van der Waals surface area contributed by atoms with Gasteiger partial charge in [-0.15, -0.1) is 0 Å². The van der Waals surface area contributed by atoms with Gasteiger partial charge in [-0.2, -0.15) is 0 Å². The zero-order valence-electron chi connectivity index (χ0n) is 16.7. The standard InChI is InChI=1S/C21H20N4O4S/c1-13-4-7-16(11-19(13)25(27)28)23-20(26)12-30-21-22-14(2)10-18(24-21)15-5-8-17(29-3)9-6-15/h4-11H,12H2,1-3H3,(H,23,26). The van der Waals surface area contributed by atoms with Crippen LogP contribution >= 0.6 is 11.8 Å². The molecule has 3 rings (SSSR count). The Hall–Kier alpha value is -3.46. The van der Waals surface area contributed by atoms with Gasteiger partial charge in [-0.25, -0.2) is 9.97 Å². The number of carbonyl (C=O) groups is 1. The monoisotopic (exact) mass is 424 g/mol. The van der Waals surface area contributed by atoms with Crippen molar-refractivity contribution < 1.29 is 14.5 Å². The van der Waals surface area contributed by atoms with Crippen LogP contribution in [0.3, 0.4) is 0 Å². The fraction of sp³-hybridized carbons (Fsp3) is 0.190. The fourth-order valence-corrected chi connectivity index (χ4v) is 3.43. The van der Waals surface area contributed by atoms with Gasteiger partial charge >= 0.3 is 0 Å². The van der Waals surface area contributed by atoms with Crippen LogP contribution in [0.15, 0.2) is 53.7 Å². The van der Waals surface area contributed by atoms with Crippen molar-refractivity contribution in [2.24, 2.45) is 0 Å². The average Bonchev–Trinajstić information content (AvgIpc) is 2.73. The molecule has 3 aromatic rings. The van der Waals surface area contributed by atoms with Gasteiger partial charge < -0.3 is 10.1 Å². The summed E-state index contributed by atoms with van der Waals surface area (Å²) >= 11 is 1.20. The van der Waals surface area contributed by atoms with E-state index in [0.717, 1.165) is 22.7 Å². The number of aryl methyl sites for hydroxylation is 2. The number of benzene rings is 2. The Morgan fingerprint density at radius 3 is 2.53 bits per heavy atom. The van der Waals surface area contributed by atoms with Gasteiger partial charge in [0.15, 0.2) is 5.16 Å². The number of nitrogens with one attached hydrogen (secondary N) is 1. The predicted octanol–water partition coefficient (Wildman–Crippen LogP) is 4.41. The third-order valence-corrected chi connectivity index (χ3v) is 5.09. The number of methoxy groups -OCH3 is 1. The Morgan fingerprint density at radius 1 is 1.13 bits per heavy atom. The van der Waals surface area contributed by atoms with Gasteiger partial charge in [0.25, 0.3) is 5.69 Å². The zero-order chi connectivity index (χ0) is 21.7. The van der Waals surface area contributed by atoms with Crippen LogP contribution in [-0.2, 0) is 4.79 Å². The van der Waals surface area contributed by atoms with Crippen LogP contribution in [0.4, 0.5) is 11.4 Å². The lowest BCUT2D eigenvalue weighted by Crippen LogP contribution is -2.14. The van der Waals surface area contributed by atoms with E-state index in [4.69, 9.17) is 4.74 Å². The quantitative estimate of drug-likeness (QED) is 0.259. The molecule has 0 unspecified atom stereocenters. The van der Waals surface area contributed by atoms with Gasteiger partial charge in [0.05, 0.1) is 23.5 Å². The molecule has 8 nitrogen and oxygen atoms in total. The summed E-state index contributed by atoms with van der Waals surface area (Å²) in [5.41, 5.74) is 3.33. The van der Waals surface area contributed by atoms with Crippen LogP contribution in [0.5, 0.6) is 5.75 Å². The first-order valence-electron chi connectivity index (χ1n) is 9.03. The molecular formula is C21H20N4O4S. The highest BCUT2D eigenvalue weighted by Crippen LogP contribution is 2.25. The molecule has 0 bridgehead atoms. The maximum atomic E-state index is 12.3. The van der Waals surface area contributed by atoms with Gasteiger partial charge in [0.2, 0.25) is 5.91 Å². The summed E-state index contributed by atoms with van der Waals surface area (Å²) in [5, 5.41) is 14.2. The first-order valence-corrected chi connectivity index (χ1v) is 10.0. The van der Waals surface area contributed by atoms with Crippen molar-refractivity contribution >= 4 is 29.0 Å². The molecule has 0 saturated carbocycles. The summed E-state index contributed by atoms with van der Waals surface area (Å²) in [6, 6.07) is 14.0. The van der Waals surface area contributed by atoms with Crippen molar-refractivity contribution in [3.8, 4) is 17.0 Å². The second-order valence-electron chi connectivity index (χ2n) is 6.50. The number of ether oxygens (including phenoxy) is 1. The molecule has 2 aromatic carbocycles. The molecule has 30 heavy (non-hydrogen) atoms. The highest BCUT2D eigenvalue weighted by molar-refractivity contribution is 7.99. The number of nitro benzene ring substituents is 1. The first-order chi connectivity index (χ1) is 14.4. The van der Waals surface area contributed by atoms with E-state index >= 15 is 0 Å². The summed E-state index contributed by atoms with van der Waals surface area (Å²) < 4.78 is 5.17. The molecule has 0 spiro atoms. The van der Waals surface area contributed by atoms with Crippen molar-refractivity contribution in [2.75, 3.05) is 18.2 Å². The Morgan fingerprint density at radius 2 is 1.87 bits per heavy atom. The summed E-state index contributed by atoms with van der Waals surface area (Å²) in [6.45, 7) is 3.51. The Bertz CT molecular complexity index is 1090. The van der Waals surface area contributed by atoms with Crippen molar-refractivity contribution in [3.05, 3.63) is 69.9 Å². The van der Waals surface area contributed by atoms with Crippen molar-refractivity contribution in [3.63, 3.8) is 0 Å². The van der Waals surface area contributed by atoms with E-state index in [1.54, 1.807) is 26.2 Å². The number of amides is 1. The third-order valence-electron chi connectivity index (χ3n) is 4.24. The number of carbonyl (C=O) groups excluding carboxylic acids is 1. The predicted molar refractivity (Wildman–Crippen MR) is 116 cm³/mol. The van der Waals surface area contributed by atoms with E-state index in [9.17, 15) is 14.9 Å². The molecular weight excluding hydrogens is 404 g/mol. The highest BCUT2D eigenvalue weighted by Gasteiger charge is 2.13. The lowest BCUT2D eigenvalue weighted by Gasteiger charge is -2.08. The highest BCUT2D eigenvalue weighted by atomic mass is 32.2. The molecule has 0 aliphatic rings. The largest absolute Gasteiger partial charge is 0.497 e. The van der Waals surface area contributed by atoms with Crippen molar-refractivity contribution in [2.45, 2.75) is 19.0 Å². The maximum absolute atomic E-state index is 12.3. The molecule has 0 atom stereocenters. The lowest BCUT2D eigenvalue weighted by molar-refractivity contribution is -0.385. The Balaban J connectivity index is 1.68. The molecule has 0 radical (unpaired) electrons. The second kappa shape index (κ2) is 9.36. The fourth-order valence-electron chi connectivity index (χ4n) is 2.73. The van der Waals surface area contributed by atoms with Crippen LogP contribution in [0.2, 0.25) is 0 Å². The molecule has 0 saturated heterocycles. The molecule has 1 amide bonds. The minimum absolute atomic E-state index is 0.0356. The Kier molecular flexibility index (Phi) is 6.63. The molecule has 0 fully saturated rings. The van der Waals surface area contributed by atoms with E-state index in [1.807, 2.05) is 37.3 Å². The number of aromatic nitrogens is 2. The van der Waals surface area contributed by atoms with Crippen LogP contribution in [-0.4, -0.2) is 33.7 Å². The SMILES string of the molecule is COc1ccc(-c2cc(C)nc(SCC(=O)Nc3ccc(C)c([N+](=O)[O-])c3)n2)cc1. The molecule has 0 aliphatic carbocycles. The molecule has 1 heterocycles. The van der Waals surface area contributed by atoms with Crippen molar-refractivity contribution in [1.29, 1.82) is 0 Å². The number of nitrogens with zero attached hydrogens (tertiary/aromatic N) is 3. The first kappa shape index (κ1) is 21.3. The van der Waals surface area contributed by atoms with E-state index in [-0.39, 0.29) is 17.3 Å². The number of rotatable bonds is 7. The topological polar surface area (TPSA) is 107 Å². The van der Waals surface area contributed by atoms with Gasteiger partial charge in [-0.05, 0) is 50.2 Å². The third kappa shape index (κ3) is 5.32. The van der Waals surface area contributed by atoms with Gasteiger partial charge in [-0.3, -0.25) is 14.9 Å². The normalized spacial score (nSPS) is 10.5. The lowest BCUT2D eigenvalue weighted by atomic mass is 10.1. The van der Waals surface area contributed by atoms with E-state index in [1.165, 1.54) is 17.8 Å². The van der Waals surface area contributed by atoms with E-state index in [2.05, 4.69) is 15.3 Å². The van der Waals surface area contributed by atoms with Crippen LogP contribution < -0.4 is 10.1 Å². The van der Waals surface area contributed by atoms with Gasteiger partial charge in [-0.1, -0.05) is 17.8 Å². The number of hydrogen-bond acceptors (Lipinski definition) is 7.